The van der Waals surface area contributed by atoms with Gasteiger partial charge in [0.05, 0.1) is 23.6 Å². The lowest BCUT2D eigenvalue weighted by molar-refractivity contribution is 0.0124. The van der Waals surface area contributed by atoms with Crippen molar-refractivity contribution in [2.45, 2.75) is 50.8 Å². The number of carbonyl (C=O) groups is 1. The summed E-state index contributed by atoms with van der Waals surface area (Å²) in [4.78, 5) is 26.4. The van der Waals surface area contributed by atoms with Crippen molar-refractivity contribution in [3.8, 4) is 22.9 Å². The van der Waals surface area contributed by atoms with Crippen LogP contribution in [0.4, 0.5) is 38.4 Å². The number of hydrogen-bond acceptors (Lipinski definition) is 9. The minimum Gasteiger partial charge on any atom is -0.444 e. The van der Waals surface area contributed by atoms with Crippen molar-refractivity contribution in [3.63, 3.8) is 0 Å². The third-order valence-electron chi connectivity index (χ3n) is 7.04. The predicted molar refractivity (Wildman–Crippen MR) is 174 cm³/mol. The van der Waals surface area contributed by atoms with Gasteiger partial charge in [0, 0.05) is 48.1 Å². The average Bonchev–Trinajstić information content (AvgIpc) is 3.02. The van der Waals surface area contributed by atoms with E-state index in [2.05, 4.69) is 20.3 Å². The van der Waals surface area contributed by atoms with Gasteiger partial charge in [0.25, 0.3) is 0 Å². The van der Waals surface area contributed by atoms with E-state index in [1.165, 1.54) is 41.6 Å². The Morgan fingerprint density at radius 1 is 1.02 bits per heavy atom. The topological polar surface area (TPSA) is 136 Å². The first-order valence-electron chi connectivity index (χ1n) is 14.9. The molecule has 1 saturated heterocycles. The maximum absolute atomic E-state index is 15.2. The van der Waals surface area contributed by atoms with Gasteiger partial charge in [-0.2, -0.15) is 4.39 Å². The molecule has 0 aliphatic carbocycles. The summed E-state index contributed by atoms with van der Waals surface area (Å²) in [5, 5.41) is 3.00. The van der Waals surface area contributed by atoms with Crippen molar-refractivity contribution >= 4 is 39.4 Å². The highest BCUT2D eigenvalue weighted by molar-refractivity contribution is 7.91. The molecule has 3 heterocycles. The van der Waals surface area contributed by atoms with Gasteiger partial charge in [0.2, 0.25) is 27.7 Å². The number of sulfonamides is 1. The number of likely N-dealkylation sites (tertiary alicyclic amines) is 1. The zero-order valence-electron chi connectivity index (χ0n) is 26.7. The highest BCUT2D eigenvalue weighted by Gasteiger charge is 2.33. The van der Waals surface area contributed by atoms with E-state index >= 15 is 13.2 Å². The van der Waals surface area contributed by atoms with Crippen molar-refractivity contribution in [1.82, 2.24) is 19.9 Å². The van der Waals surface area contributed by atoms with Crippen LogP contribution in [0.25, 0.3) is 11.3 Å². The van der Waals surface area contributed by atoms with Crippen LogP contribution >= 0.6 is 11.6 Å². The molecule has 0 unspecified atom stereocenters. The maximum Gasteiger partial charge on any atom is 0.410 e. The summed E-state index contributed by atoms with van der Waals surface area (Å²) in [6, 6.07) is 7.40. The quantitative estimate of drug-likeness (QED) is 0.134. The molecule has 18 heteroatoms. The number of hydrogen-bond donors (Lipinski definition) is 2. The van der Waals surface area contributed by atoms with Crippen LogP contribution in [0.1, 0.15) is 32.8 Å². The lowest BCUT2D eigenvalue weighted by Crippen LogP contribution is -2.51. The third kappa shape index (κ3) is 9.06. The highest BCUT2D eigenvalue weighted by Crippen LogP contribution is 2.36. The minimum absolute atomic E-state index is 0.00292. The van der Waals surface area contributed by atoms with E-state index in [1.807, 2.05) is 0 Å². The second-order valence-electron chi connectivity index (χ2n) is 12.2. The summed E-state index contributed by atoms with van der Waals surface area (Å²) >= 11 is 5.67. The number of aromatic nitrogens is 3. The normalized spacial score (nSPS) is 16.5. The fourth-order valence-electron chi connectivity index (χ4n) is 4.93. The van der Waals surface area contributed by atoms with Gasteiger partial charge in [-0.3, -0.25) is 4.72 Å². The fourth-order valence-corrected chi connectivity index (χ4v) is 6.30. The summed E-state index contributed by atoms with van der Waals surface area (Å²) in [6.07, 6.45) is 0.655. The van der Waals surface area contributed by atoms with Crippen molar-refractivity contribution in [2.75, 3.05) is 23.1 Å². The molecule has 2 N–H and O–H groups in total. The first-order valence-corrected chi connectivity index (χ1v) is 17.0. The number of piperidine rings is 1. The van der Waals surface area contributed by atoms with E-state index in [0.29, 0.717) is 6.07 Å². The average molecular weight is 741 g/mol. The number of halogens is 6. The summed E-state index contributed by atoms with van der Waals surface area (Å²) in [5.41, 5.74) is -2.16. The third-order valence-corrected chi connectivity index (χ3v) is 8.48. The summed E-state index contributed by atoms with van der Waals surface area (Å²) in [6.45, 7) is 5.05. The van der Waals surface area contributed by atoms with Crippen LogP contribution in [0.15, 0.2) is 54.9 Å². The molecule has 50 heavy (non-hydrogen) atoms. The molecule has 0 spiro atoms. The van der Waals surface area contributed by atoms with Crippen molar-refractivity contribution in [3.05, 3.63) is 88.7 Å². The number of pyridine rings is 1. The SMILES string of the molecule is CC(C)(C)OC(=O)N1C[C@@H](F)C[C@H](Nc2nccc(-c3cccnc3Oc3cc(F)c(NS(=O)(=O)Cc4ccc(Cl)cc4F)c(F)c3F)n2)C1. The van der Waals surface area contributed by atoms with Crippen molar-refractivity contribution < 1.29 is 44.6 Å². The van der Waals surface area contributed by atoms with Gasteiger partial charge in [-0.1, -0.05) is 17.7 Å². The molecule has 0 bridgehead atoms. The van der Waals surface area contributed by atoms with Crippen LogP contribution < -0.4 is 14.8 Å². The first-order chi connectivity index (χ1) is 23.5. The first kappa shape index (κ1) is 36.5. The number of rotatable bonds is 9. The number of nitrogens with zero attached hydrogens (tertiary/aromatic N) is 4. The van der Waals surface area contributed by atoms with Crippen LogP contribution in [0, 0.1) is 23.3 Å². The lowest BCUT2D eigenvalue weighted by Gasteiger charge is -2.36. The fraction of sp³-hybridized carbons (Fsp3) is 0.312. The molecule has 1 aliphatic rings. The number of ether oxygens (including phenoxy) is 2. The highest BCUT2D eigenvalue weighted by atomic mass is 35.5. The molecule has 0 saturated carbocycles. The van der Waals surface area contributed by atoms with Gasteiger partial charge >= 0.3 is 6.09 Å². The van der Waals surface area contributed by atoms with Crippen LogP contribution in [-0.2, 0) is 20.5 Å². The Morgan fingerprint density at radius 2 is 1.78 bits per heavy atom. The zero-order chi connectivity index (χ0) is 36.4. The van der Waals surface area contributed by atoms with Crippen LogP contribution in [0.2, 0.25) is 5.02 Å². The number of amides is 1. The van der Waals surface area contributed by atoms with E-state index < -0.39 is 74.4 Å². The molecule has 0 radical (unpaired) electrons. The minimum atomic E-state index is -4.63. The van der Waals surface area contributed by atoms with E-state index in [0.717, 1.165) is 12.1 Å². The largest absolute Gasteiger partial charge is 0.444 e. The molecule has 2 aromatic heterocycles. The molecule has 2 atom stereocenters. The van der Waals surface area contributed by atoms with Gasteiger partial charge in [0.1, 0.15) is 23.3 Å². The Bertz CT molecular complexity index is 2020. The van der Waals surface area contributed by atoms with Gasteiger partial charge in [0.15, 0.2) is 17.4 Å². The van der Waals surface area contributed by atoms with Gasteiger partial charge in [-0.25, -0.2) is 45.7 Å². The van der Waals surface area contributed by atoms with Crippen LogP contribution in [0.5, 0.6) is 11.6 Å². The maximum atomic E-state index is 15.2. The molecule has 5 rings (SSSR count). The summed E-state index contributed by atoms with van der Waals surface area (Å²) in [7, 11) is -4.63. The standard InChI is InChI=1S/C32H30ClF5N6O5S/c1-32(2,3)49-31(45)44-14-19(34)12-20(15-44)41-30-40-10-8-24(42-30)21-5-4-9-39-29(21)48-25-13-23(36)28(27(38)26(25)37)43-50(46,47)16-17-6-7-18(33)11-22(17)35/h4-11,13,19-20,43H,12,14-16H2,1-3H3,(H,40,41,42)/t19-,20-/m0/s1. The number of nitrogens with one attached hydrogen (secondary N) is 2. The molecular weight excluding hydrogens is 711 g/mol. The number of anilines is 2. The Morgan fingerprint density at radius 3 is 2.50 bits per heavy atom. The van der Waals surface area contributed by atoms with Crippen LogP contribution in [-0.4, -0.2) is 65.3 Å². The molecule has 1 fully saturated rings. The second-order valence-corrected chi connectivity index (χ2v) is 14.4. The van der Waals surface area contributed by atoms with E-state index in [4.69, 9.17) is 21.1 Å². The van der Waals surface area contributed by atoms with Crippen LogP contribution in [0.3, 0.4) is 0 Å². The number of alkyl halides is 1. The van der Waals surface area contributed by atoms with E-state index in [9.17, 15) is 22.0 Å². The van der Waals surface area contributed by atoms with Gasteiger partial charge in [-0.05, 0) is 51.1 Å². The van der Waals surface area contributed by atoms with Gasteiger partial charge in [-0.15, -0.1) is 0 Å². The van der Waals surface area contributed by atoms with Crippen molar-refractivity contribution in [1.29, 1.82) is 0 Å². The smallest absolute Gasteiger partial charge is 0.410 e. The van der Waals surface area contributed by atoms with Crippen molar-refractivity contribution in [2.24, 2.45) is 0 Å². The molecule has 4 aromatic rings. The molecule has 1 aliphatic heterocycles. The number of benzene rings is 2. The summed E-state index contributed by atoms with van der Waals surface area (Å²) in [5.74, 6) is -8.48. The van der Waals surface area contributed by atoms with E-state index in [-0.39, 0.29) is 53.2 Å². The molecule has 266 valence electrons. The Labute approximate surface area is 288 Å². The predicted octanol–water partition coefficient (Wildman–Crippen LogP) is 7.24. The Hall–Kier alpha value is -4.77. The second kappa shape index (κ2) is 14.6. The summed E-state index contributed by atoms with van der Waals surface area (Å²) < 4.78 is 112. The molecule has 1 amide bonds. The molecule has 2 aromatic carbocycles. The monoisotopic (exact) mass is 740 g/mol. The van der Waals surface area contributed by atoms with Gasteiger partial charge < -0.3 is 19.7 Å². The Kier molecular flexibility index (Phi) is 10.7. The number of carbonyl (C=O) groups excluding carboxylic acids is 1. The zero-order valence-corrected chi connectivity index (χ0v) is 28.3. The molecule has 11 nitrogen and oxygen atoms in total. The molecular formula is C32H30ClF5N6O5S. The van der Waals surface area contributed by atoms with E-state index in [1.54, 1.807) is 25.5 Å². The Balaban J connectivity index is 1.34. The lowest BCUT2D eigenvalue weighted by atomic mass is 10.0.